The van der Waals surface area contributed by atoms with Gasteiger partial charge in [-0.3, -0.25) is 0 Å². The Morgan fingerprint density at radius 2 is 2.06 bits per heavy atom. The van der Waals surface area contributed by atoms with E-state index in [-0.39, 0.29) is 6.61 Å². The molecule has 0 aliphatic heterocycles. The Morgan fingerprint density at radius 1 is 1.39 bits per heavy atom. The Kier molecular flexibility index (Phi) is 5.44. The molecule has 0 bridgehead atoms. The first-order valence-electron chi connectivity index (χ1n) is 5.42. The zero-order valence-corrected chi connectivity index (χ0v) is 10.1. The molecule has 5 heteroatoms. The molecule has 0 fully saturated rings. The number of hydrogen-bond acceptors (Lipinski definition) is 4. The number of ether oxygens (including phenoxy) is 2. The van der Waals surface area contributed by atoms with Crippen LogP contribution in [0, 0.1) is 0 Å². The normalized spacial score (nSPS) is 11.2. The van der Waals surface area contributed by atoms with Gasteiger partial charge in [0.2, 0.25) is 0 Å². The van der Waals surface area contributed by atoms with E-state index in [1.54, 1.807) is 0 Å². The summed E-state index contributed by atoms with van der Waals surface area (Å²) in [5.74, 6) is -0.596. The first-order chi connectivity index (χ1) is 8.63. The molecule has 1 amide bonds. The number of benzene rings is 1. The smallest absolute Gasteiger partial charge is 0.408 e. The third kappa shape index (κ3) is 4.69. The first kappa shape index (κ1) is 13.8. The van der Waals surface area contributed by atoms with E-state index in [0.29, 0.717) is 0 Å². The van der Waals surface area contributed by atoms with E-state index in [4.69, 9.17) is 4.74 Å². The van der Waals surface area contributed by atoms with Crippen molar-refractivity contribution in [3.8, 4) is 0 Å². The van der Waals surface area contributed by atoms with Gasteiger partial charge in [-0.2, -0.15) is 0 Å². The summed E-state index contributed by atoms with van der Waals surface area (Å²) in [6, 6.07) is 8.45. The van der Waals surface area contributed by atoms with Crippen LogP contribution in [0.2, 0.25) is 0 Å². The van der Waals surface area contributed by atoms with Crippen molar-refractivity contribution >= 4 is 12.1 Å². The molecule has 1 aromatic carbocycles. The number of esters is 1. The van der Waals surface area contributed by atoms with E-state index in [9.17, 15) is 9.59 Å². The molecule has 1 N–H and O–H groups in total. The summed E-state index contributed by atoms with van der Waals surface area (Å²) in [7, 11) is 0. The molecule has 96 valence electrons. The Labute approximate surface area is 105 Å². The molecule has 5 nitrogen and oxygen atoms in total. The minimum absolute atomic E-state index is 0.149. The molecule has 0 spiro atoms. The van der Waals surface area contributed by atoms with E-state index in [0.717, 1.165) is 11.8 Å². The molecule has 0 unspecified atom stereocenters. The monoisotopic (exact) mass is 249 g/mol. The predicted molar refractivity (Wildman–Crippen MR) is 65.5 cm³/mol. The SMILES string of the molecule is C=COC(=O)[C@H](C)NC(=O)OCc1ccccc1. The molecule has 1 atom stereocenters. The third-order valence-electron chi connectivity index (χ3n) is 2.10. The van der Waals surface area contributed by atoms with Crippen molar-refractivity contribution in [1.29, 1.82) is 0 Å². The van der Waals surface area contributed by atoms with Gasteiger partial charge in [0.25, 0.3) is 0 Å². The maximum Gasteiger partial charge on any atom is 0.408 e. The highest BCUT2D eigenvalue weighted by atomic mass is 16.6. The van der Waals surface area contributed by atoms with Crippen LogP contribution in [-0.2, 0) is 20.9 Å². The zero-order valence-electron chi connectivity index (χ0n) is 10.1. The van der Waals surface area contributed by atoms with Crippen LogP contribution < -0.4 is 5.32 Å². The highest BCUT2D eigenvalue weighted by molar-refractivity contribution is 5.81. The number of rotatable bonds is 5. The van der Waals surface area contributed by atoms with Gasteiger partial charge in [0, 0.05) is 0 Å². The number of alkyl carbamates (subject to hydrolysis) is 1. The van der Waals surface area contributed by atoms with Gasteiger partial charge in [0.1, 0.15) is 12.6 Å². The van der Waals surface area contributed by atoms with Crippen LogP contribution in [0.5, 0.6) is 0 Å². The van der Waals surface area contributed by atoms with Crippen molar-refractivity contribution in [3.63, 3.8) is 0 Å². The van der Waals surface area contributed by atoms with Crippen LogP contribution in [0.4, 0.5) is 4.79 Å². The molecule has 0 radical (unpaired) electrons. The van der Waals surface area contributed by atoms with E-state index in [1.807, 2.05) is 30.3 Å². The van der Waals surface area contributed by atoms with Crippen molar-refractivity contribution in [2.45, 2.75) is 19.6 Å². The molecule has 0 saturated heterocycles. The second-order valence-corrected chi connectivity index (χ2v) is 3.53. The maximum absolute atomic E-state index is 11.4. The fourth-order valence-electron chi connectivity index (χ4n) is 1.18. The predicted octanol–water partition coefficient (Wildman–Crippen LogP) is 1.99. The van der Waals surface area contributed by atoms with Crippen molar-refractivity contribution in [1.82, 2.24) is 5.32 Å². The molecular formula is C13H15NO4. The van der Waals surface area contributed by atoms with Crippen LogP contribution in [-0.4, -0.2) is 18.1 Å². The van der Waals surface area contributed by atoms with Gasteiger partial charge in [-0.05, 0) is 12.5 Å². The van der Waals surface area contributed by atoms with Crippen molar-refractivity contribution in [2.24, 2.45) is 0 Å². The van der Waals surface area contributed by atoms with Crippen LogP contribution in [0.15, 0.2) is 43.2 Å². The van der Waals surface area contributed by atoms with Gasteiger partial charge in [-0.1, -0.05) is 36.9 Å². The van der Waals surface area contributed by atoms with Gasteiger partial charge >= 0.3 is 12.1 Å². The fourth-order valence-corrected chi connectivity index (χ4v) is 1.18. The largest absolute Gasteiger partial charge is 0.445 e. The summed E-state index contributed by atoms with van der Waals surface area (Å²) in [5.41, 5.74) is 0.869. The molecule has 1 rings (SSSR count). The minimum atomic E-state index is -0.786. The Hall–Kier alpha value is -2.30. The van der Waals surface area contributed by atoms with Gasteiger partial charge in [-0.25, -0.2) is 9.59 Å². The summed E-state index contributed by atoms with van der Waals surface area (Å²) in [6.45, 7) is 4.90. The topological polar surface area (TPSA) is 64.6 Å². The van der Waals surface area contributed by atoms with Gasteiger partial charge < -0.3 is 14.8 Å². The number of hydrogen-bond donors (Lipinski definition) is 1. The first-order valence-corrected chi connectivity index (χ1v) is 5.42. The molecule has 0 aliphatic rings. The van der Waals surface area contributed by atoms with E-state index >= 15 is 0 Å². The Balaban J connectivity index is 2.33. The average Bonchev–Trinajstić information content (AvgIpc) is 2.38. The maximum atomic E-state index is 11.4. The van der Waals surface area contributed by atoms with Crippen LogP contribution >= 0.6 is 0 Å². The van der Waals surface area contributed by atoms with E-state index in [1.165, 1.54) is 6.92 Å². The van der Waals surface area contributed by atoms with Crippen LogP contribution in [0.25, 0.3) is 0 Å². The Morgan fingerprint density at radius 3 is 2.67 bits per heavy atom. The summed E-state index contributed by atoms with van der Waals surface area (Å²) >= 11 is 0. The van der Waals surface area contributed by atoms with E-state index in [2.05, 4.69) is 16.6 Å². The summed E-state index contributed by atoms with van der Waals surface area (Å²) < 4.78 is 9.47. The number of amides is 1. The summed E-state index contributed by atoms with van der Waals surface area (Å²) in [5, 5.41) is 2.35. The second kappa shape index (κ2) is 7.11. The number of carbonyl (C=O) groups is 2. The van der Waals surface area contributed by atoms with Crippen molar-refractivity contribution in [3.05, 3.63) is 48.7 Å². The second-order valence-electron chi connectivity index (χ2n) is 3.53. The lowest BCUT2D eigenvalue weighted by Gasteiger charge is -2.11. The van der Waals surface area contributed by atoms with Crippen molar-refractivity contribution in [2.75, 3.05) is 0 Å². The minimum Gasteiger partial charge on any atom is -0.445 e. The quantitative estimate of drug-likeness (QED) is 0.640. The summed E-state index contributed by atoms with van der Waals surface area (Å²) in [6.07, 6.45) is 0.336. The van der Waals surface area contributed by atoms with Crippen LogP contribution in [0.1, 0.15) is 12.5 Å². The van der Waals surface area contributed by atoms with Crippen LogP contribution in [0.3, 0.4) is 0 Å². The molecule has 0 saturated carbocycles. The standard InChI is InChI=1S/C13H15NO4/c1-3-17-12(15)10(2)14-13(16)18-9-11-7-5-4-6-8-11/h3-8,10H,1,9H2,2H3,(H,14,16)/t10-/m0/s1. The highest BCUT2D eigenvalue weighted by Crippen LogP contribution is 2.00. The zero-order chi connectivity index (χ0) is 13.4. The Bertz CT molecular complexity index is 416. The van der Waals surface area contributed by atoms with Gasteiger partial charge in [-0.15, -0.1) is 0 Å². The number of nitrogens with one attached hydrogen (secondary N) is 1. The fraction of sp³-hybridized carbons (Fsp3) is 0.231. The molecule has 0 heterocycles. The molecule has 0 aromatic heterocycles. The lowest BCUT2D eigenvalue weighted by molar-refractivity contribution is -0.139. The average molecular weight is 249 g/mol. The molecular weight excluding hydrogens is 234 g/mol. The molecule has 0 aliphatic carbocycles. The highest BCUT2D eigenvalue weighted by Gasteiger charge is 2.16. The van der Waals surface area contributed by atoms with Gasteiger partial charge in [0.05, 0.1) is 6.26 Å². The molecule has 18 heavy (non-hydrogen) atoms. The van der Waals surface area contributed by atoms with Crippen molar-refractivity contribution < 1.29 is 19.1 Å². The van der Waals surface area contributed by atoms with E-state index < -0.39 is 18.1 Å². The molecule has 1 aromatic rings. The summed E-state index contributed by atoms with van der Waals surface area (Å²) in [4.78, 5) is 22.6. The lowest BCUT2D eigenvalue weighted by Crippen LogP contribution is -2.39. The van der Waals surface area contributed by atoms with Gasteiger partial charge in [0.15, 0.2) is 0 Å². The number of carbonyl (C=O) groups excluding carboxylic acids is 2. The lowest BCUT2D eigenvalue weighted by atomic mass is 10.2. The third-order valence-corrected chi connectivity index (χ3v) is 2.10.